The molecule has 0 aromatic carbocycles. The van der Waals surface area contributed by atoms with Crippen LogP contribution in [-0.2, 0) is 14.3 Å². The first-order chi connectivity index (χ1) is 10.0. The van der Waals surface area contributed by atoms with E-state index < -0.39 is 5.60 Å². The Hall–Kier alpha value is -1.30. The third-order valence-electron chi connectivity index (χ3n) is 4.53. The molecular weight excluding hydrogens is 272 g/mol. The average Bonchev–Trinajstić information content (AvgIpc) is 2.77. The molecule has 1 atom stereocenters. The lowest BCUT2D eigenvalue weighted by Gasteiger charge is -2.37. The first-order valence-corrected chi connectivity index (χ1v) is 7.77. The summed E-state index contributed by atoms with van der Waals surface area (Å²) in [5, 5.41) is 0. The fraction of sp³-hybridized carbons (Fsp3) is 0.867. The van der Waals surface area contributed by atoms with E-state index in [0.717, 1.165) is 12.8 Å². The van der Waals surface area contributed by atoms with E-state index in [1.807, 2.05) is 4.90 Å². The van der Waals surface area contributed by atoms with Gasteiger partial charge in [-0.1, -0.05) is 13.3 Å². The van der Waals surface area contributed by atoms with E-state index in [9.17, 15) is 9.59 Å². The van der Waals surface area contributed by atoms with Crippen molar-refractivity contribution in [1.82, 2.24) is 9.80 Å². The van der Waals surface area contributed by atoms with Crippen molar-refractivity contribution in [2.45, 2.75) is 51.2 Å². The van der Waals surface area contributed by atoms with Crippen LogP contribution in [0.2, 0.25) is 0 Å². The number of piperidine rings is 1. The fourth-order valence-electron chi connectivity index (χ4n) is 3.20. The average molecular weight is 298 g/mol. The molecule has 2 heterocycles. The largest absolute Gasteiger partial charge is 0.441 e. The first-order valence-electron chi connectivity index (χ1n) is 7.77. The summed E-state index contributed by atoms with van der Waals surface area (Å²) in [6, 6.07) is 0.218. The van der Waals surface area contributed by atoms with E-state index in [1.54, 1.807) is 4.90 Å². The maximum absolute atomic E-state index is 12.1. The van der Waals surface area contributed by atoms with Crippen molar-refractivity contribution in [3.8, 4) is 0 Å². The second-order valence-electron chi connectivity index (χ2n) is 6.13. The minimum absolute atomic E-state index is 0.00730. The quantitative estimate of drug-likeness (QED) is 0.774. The van der Waals surface area contributed by atoms with Gasteiger partial charge in [-0.15, -0.1) is 0 Å². The highest BCUT2D eigenvalue weighted by molar-refractivity contribution is 5.77. The zero-order valence-electron chi connectivity index (χ0n) is 13.3. The number of hydrogen-bond acceptors (Lipinski definition) is 4. The Bertz CT molecular complexity index is 391. The minimum Gasteiger partial charge on any atom is -0.441 e. The zero-order valence-corrected chi connectivity index (χ0v) is 13.3. The molecule has 120 valence electrons. The molecule has 2 aliphatic heterocycles. The molecule has 2 fully saturated rings. The Balaban J connectivity index is 1.92. The molecule has 0 saturated carbocycles. The predicted octanol–water partition coefficient (Wildman–Crippen LogP) is 1.63. The van der Waals surface area contributed by atoms with Gasteiger partial charge in [0.15, 0.2) is 0 Å². The van der Waals surface area contributed by atoms with Crippen molar-refractivity contribution in [2.24, 2.45) is 0 Å². The monoisotopic (exact) mass is 298 g/mol. The van der Waals surface area contributed by atoms with E-state index in [2.05, 4.69) is 13.8 Å². The van der Waals surface area contributed by atoms with Crippen LogP contribution in [0.3, 0.4) is 0 Å². The fourth-order valence-corrected chi connectivity index (χ4v) is 3.20. The van der Waals surface area contributed by atoms with Gasteiger partial charge in [-0.25, -0.2) is 4.79 Å². The lowest BCUT2D eigenvalue weighted by atomic mass is 9.91. The molecule has 0 aromatic rings. The van der Waals surface area contributed by atoms with Crippen LogP contribution in [0.25, 0.3) is 0 Å². The van der Waals surface area contributed by atoms with Crippen LogP contribution in [0.4, 0.5) is 4.79 Å². The summed E-state index contributed by atoms with van der Waals surface area (Å²) in [4.78, 5) is 27.5. The summed E-state index contributed by atoms with van der Waals surface area (Å²) < 4.78 is 10.6. The Labute approximate surface area is 126 Å². The van der Waals surface area contributed by atoms with Gasteiger partial charge >= 0.3 is 6.09 Å². The molecule has 2 amide bonds. The van der Waals surface area contributed by atoms with Gasteiger partial charge in [-0.2, -0.15) is 0 Å². The van der Waals surface area contributed by atoms with Crippen LogP contribution in [0.1, 0.15) is 39.5 Å². The molecule has 1 spiro atoms. The van der Waals surface area contributed by atoms with E-state index in [4.69, 9.17) is 9.47 Å². The van der Waals surface area contributed by atoms with Crippen molar-refractivity contribution < 1.29 is 19.1 Å². The Morgan fingerprint density at radius 1 is 1.43 bits per heavy atom. The standard InChI is InChI=1S/C15H26N2O4/c1-4-5-12(2)17-11-15(21-14(17)19)6-8-16(9-7-15)13(18)10-20-3/h12H,4-11H2,1-3H3/t12-/m0/s1. The summed E-state index contributed by atoms with van der Waals surface area (Å²) in [5.74, 6) is 0.00730. The number of nitrogens with zero attached hydrogens (tertiary/aromatic N) is 2. The van der Waals surface area contributed by atoms with Gasteiger partial charge in [0.05, 0.1) is 6.54 Å². The van der Waals surface area contributed by atoms with Gasteiger partial charge in [0.25, 0.3) is 0 Å². The molecule has 2 rings (SSSR count). The van der Waals surface area contributed by atoms with Crippen LogP contribution in [0.5, 0.6) is 0 Å². The van der Waals surface area contributed by atoms with Crippen molar-refractivity contribution in [3.63, 3.8) is 0 Å². The number of ether oxygens (including phenoxy) is 2. The molecule has 0 radical (unpaired) electrons. The lowest BCUT2D eigenvalue weighted by molar-refractivity contribution is -0.138. The molecule has 6 nitrogen and oxygen atoms in total. The van der Waals surface area contributed by atoms with Gasteiger partial charge in [0.1, 0.15) is 12.2 Å². The third-order valence-corrected chi connectivity index (χ3v) is 4.53. The summed E-state index contributed by atoms with van der Waals surface area (Å²) >= 11 is 0. The van der Waals surface area contributed by atoms with Crippen molar-refractivity contribution in [1.29, 1.82) is 0 Å². The van der Waals surface area contributed by atoms with Crippen molar-refractivity contribution >= 4 is 12.0 Å². The second kappa shape index (κ2) is 6.64. The van der Waals surface area contributed by atoms with Crippen LogP contribution in [-0.4, -0.2) is 66.8 Å². The van der Waals surface area contributed by atoms with E-state index in [0.29, 0.717) is 32.5 Å². The number of likely N-dealkylation sites (tertiary alicyclic amines) is 1. The molecule has 0 aliphatic carbocycles. The number of rotatable bonds is 5. The second-order valence-corrected chi connectivity index (χ2v) is 6.13. The zero-order chi connectivity index (χ0) is 15.5. The first kappa shape index (κ1) is 16.1. The predicted molar refractivity (Wildman–Crippen MR) is 78.0 cm³/mol. The number of carbonyl (C=O) groups excluding carboxylic acids is 2. The van der Waals surface area contributed by atoms with E-state index >= 15 is 0 Å². The molecule has 2 aliphatic rings. The number of carbonyl (C=O) groups is 2. The normalized spacial score (nSPS) is 22.5. The molecule has 2 saturated heterocycles. The van der Waals surface area contributed by atoms with Crippen LogP contribution in [0.15, 0.2) is 0 Å². The maximum atomic E-state index is 12.1. The minimum atomic E-state index is -0.400. The molecule has 6 heteroatoms. The maximum Gasteiger partial charge on any atom is 0.410 e. The molecule has 0 bridgehead atoms. The van der Waals surface area contributed by atoms with Crippen LogP contribution >= 0.6 is 0 Å². The Kier molecular flexibility index (Phi) is 5.08. The summed E-state index contributed by atoms with van der Waals surface area (Å²) in [6.07, 6.45) is 3.26. The molecule has 0 N–H and O–H groups in total. The highest BCUT2D eigenvalue weighted by Crippen LogP contribution is 2.34. The number of amides is 2. The highest BCUT2D eigenvalue weighted by Gasteiger charge is 2.48. The smallest absolute Gasteiger partial charge is 0.410 e. The number of methoxy groups -OCH3 is 1. The number of hydrogen-bond donors (Lipinski definition) is 0. The summed E-state index contributed by atoms with van der Waals surface area (Å²) in [7, 11) is 1.52. The van der Waals surface area contributed by atoms with Gasteiger partial charge in [0.2, 0.25) is 5.91 Å². The Morgan fingerprint density at radius 2 is 2.10 bits per heavy atom. The summed E-state index contributed by atoms with van der Waals surface area (Å²) in [5.41, 5.74) is -0.400. The van der Waals surface area contributed by atoms with Gasteiger partial charge in [0, 0.05) is 39.1 Å². The van der Waals surface area contributed by atoms with Gasteiger partial charge in [-0.05, 0) is 13.3 Å². The van der Waals surface area contributed by atoms with E-state index in [-0.39, 0.29) is 24.6 Å². The topological polar surface area (TPSA) is 59.1 Å². The molecule has 0 aromatic heterocycles. The molecule has 0 unspecified atom stereocenters. The van der Waals surface area contributed by atoms with Crippen molar-refractivity contribution in [3.05, 3.63) is 0 Å². The molecule has 21 heavy (non-hydrogen) atoms. The van der Waals surface area contributed by atoms with Gasteiger partial charge < -0.3 is 19.3 Å². The third kappa shape index (κ3) is 3.48. The lowest BCUT2D eigenvalue weighted by Crippen LogP contribution is -2.49. The summed E-state index contributed by atoms with van der Waals surface area (Å²) in [6.45, 7) is 6.22. The molecular formula is C15H26N2O4. The van der Waals surface area contributed by atoms with Crippen LogP contribution < -0.4 is 0 Å². The van der Waals surface area contributed by atoms with Gasteiger partial charge in [-0.3, -0.25) is 4.79 Å². The Morgan fingerprint density at radius 3 is 2.67 bits per heavy atom. The van der Waals surface area contributed by atoms with Crippen LogP contribution in [0, 0.1) is 0 Å². The van der Waals surface area contributed by atoms with Crippen molar-refractivity contribution in [2.75, 3.05) is 33.4 Å². The highest BCUT2D eigenvalue weighted by atomic mass is 16.6. The van der Waals surface area contributed by atoms with E-state index in [1.165, 1.54) is 7.11 Å². The SMILES string of the molecule is CCC[C@H](C)N1CC2(CCN(C(=O)COC)CC2)OC1=O.